The quantitative estimate of drug-likeness (QED) is 0.617. The molecule has 0 aliphatic rings. The average molecular weight is 268 g/mol. The molecule has 0 saturated carbocycles. The highest BCUT2D eigenvalue weighted by Crippen LogP contribution is 2.24. The van der Waals surface area contributed by atoms with Crippen molar-refractivity contribution in [2.45, 2.75) is 6.92 Å². The summed E-state index contributed by atoms with van der Waals surface area (Å²) in [5, 5.41) is 0. The maximum absolute atomic E-state index is 11.5. The lowest BCUT2D eigenvalue weighted by atomic mass is 10.1. The number of anilines is 1. The molecular weight excluding hydrogens is 254 g/mol. The van der Waals surface area contributed by atoms with Crippen LogP contribution in [0.3, 0.4) is 0 Å². The van der Waals surface area contributed by atoms with Gasteiger partial charge in [-0.3, -0.25) is 4.79 Å². The van der Waals surface area contributed by atoms with Crippen molar-refractivity contribution in [1.82, 2.24) is 0 Å². The Morgan fingerprint density at radius 1 is 1.60 bits per heavy atom. The Morgan fingerprint density at radius 2 is 2.27 bits per heavy atom. The molecule has 0 amide bonds. The maximum Gasteiger partial charge on any atom is 0.161 e. The molecular formula is C12H14BrNO. The van der Waals surface area contributed by atoms with E-state index < -0.39 is 0 Å². The molecule has 1 rings (SSSR count). The van der Waals surface area contributed by atoms with Gasteiger partial charge in [-0.1, -0.05) is 22.0 Å². The van der Waals surface area contributed by atoms with Crippen molar-refractivity contribution in [2.75, 3.05) is 18.5 Å². The number of halogens is 1. The molecule has 1 aromatic rings. The topological polar surface area (TPSA) is 20.3 Å². The first-order valence-electron chi connectivity index (χ1n) is 4.68. The van der Waals surface area contributed by atoms with Gasteiger partial charge in [0.2, 0.25) is 0 Å². The van der Waals surface area contributed by atoms with Gasteiger partial charge in [0.05, 0.1) is 0 Å². The molecule has 0 N–H and O–H groups in total. The first kappa shape index (κ1) is 12.0. The number of likely N-dealkylation sites (N-methyl/N-ethyl adjacent to an activating group) is 1. The van der Waals surface area contributed by atoms with E-state index >= 15 is 0 Å². The van der Waals surface area contributed by atoms with E-state index in [-0.39, 0.29) is 5.78 Å². The number of carbonyl (C=O) groups is 1. The third-order valence-electron chi connectivity index (χ3n) is 2.15. The van der Waals surface area contributed by atoms with Gasteiger partial charge in [0.25, 0.3) is 0 Å². The lowest BCUT2D eigenvalue weighted by Crippen LogP contribution is -2.19. The van der Waals surface area contributed by atoms with Gasteiger partial charge in [-0.2, -0.15) is 0 Å². The maximum atomic E-state index is 11.5. The molecule has 0 radical (unpaired) electrons. The Hall–Kier alpha value is -1.09. The second-order valence-electron chi connectivity index (χ2n) is 3.39. The molecule has 2 nitrogen and oxygen atoms in total. The van der Waals surface area contributed by atoms with Crippen LogP contribution in [0.15, 0.2) is 35.3 Å². The summed E-state index contributed by atoms with van der Waals surface area (Å²) in [7, 11) is 1.94. The Labute approximate surface area is 98.7 Å². The summed E-state index contributed by atoms with van der Waals surface area (Å²) >= 11 is 3.36. The largest absolute Gasteiger partial charge is 0.370 e. The van der Waals surface area contributed by atoms with Crippen molar-refractivity contribution in [2.24, 2.45) is 0 Å². The molecule has 0 unspecified atom stereocenters. The molecule has 15 heavy (non-hydrogen) atoms. The second-order valence-corrected chi connectivity index (χ2v) is 4.30. The zero-order valence-electron chi connectivity index (χ0n) is 8.96. The van der Waals surface area contributed by atoms with Crippen LogP contribution in [0, 0.1) is 0 Å². The molecule has 3 heteroatoms. The molecule has 0 spiro atoms. The zero-order valence-corrected chi connectivity index (χ0v) is 10.5. The minimum atomic E-state index is 0.0715. The molecule has 0 atom stereocenters. The van der Waals surface area contributed by atoms with Crippen molar-refractivity contribution < 1.29 is 4.79 Å². The van der Waals surface area contributed by atoms with E-state index in [4.69, 9.17) is 0 Å². The minimum absolute atomic E-state index is 0.0715. The van der Waals surface area contributed by atoms with Crippen molar-refractivity contribution in [1.29, 1.82) is 0 Å². The normalized spacial score (nSPS) is 9.80. The standard InChI is InChI=1S/C12H14BrNO/c1-4-7-14(3)12-6-5-10(13)8-11(12)9(2)15/h4-6,8H,1,7H2,2-3H3. The number of hydrogen-bond acceptors (Lipinski definition) is 2. The molecule has 0 heterocycles. The van der Waals surface area contributed by atoms with E-state index in [0.29, 0.717) is 0 Å². The van der Waals surface area contributed by atoms with Gasteiger partial charge in [0.15, 0.2) is 5.78 Å². The predicted octanol–water partition coefficient (Wildman–Crippen LogP) is 3.27. The van der Waals surface area contributed by atoms with Crippen LogP contribution in [0.5, 0.6) is 0 Å². The van der Waals surface area contributed by atoms with E-state index in [9.17, 15) is 4.79 Å². The number of carbonyl (C=O) groups excluding carboxylic acids is 1. The summed E-state index contributed by atoms with van der Waals surface area (Å²) in [6.07, 6.45) is 1.81. The lowest BCUT2D eigenvalue weighted by molar-refractivity contribution is 0.101. The Kier molecular flexibility index (Phi) is 4.09. The number of ketones is 1. The monoisotopic (exact) mass is 267 g/mol. The fraction of sp³-hybridized carbons (Fsp3) is 0.250. The van der Waals surface area contributed by atoms with Crippen LogP contribution in [0.4, 0.5) is 5.69 Å². The number of nitrogens with zero attached hydrogens (tertiary/aromatic N) is 1. The third kappa shape index (κ3) is 2.93. The molecule has 0 saturated heterocycles. The van der Waals surface area contributed by atoms with Crippen LogP contribution in [-0.2, 0) is 0 Å². The predicted molar refractivity (Wildman–Crippen MR) is 67.6 cm³/mol. The molecule has 0 aromatic heterocycles. The number of hydrogen-bond donors (Lipinski definition) is 0. The van der Waals surface area contributed by atoms with E-state index in [1.807, 2.05) is 36.2 Å². The molecule has 0 aliphatic heterocycles. The van der Waals surface area contributed by atoms with Crippen LogP contribution in [0.2, 0.25) is 0 Å². The van der Waals surface area contributed by atoms with Crippen LogP contribution in [0.25, 0.3) is 0 Å². The molecule has 0 aliphatic carbocycles. The van der Waals surface area contributed by atoms with Gasteiger partial charge < -0.3 is 4.90 Å². The first-order valence-corrected chi connectivity index (χ1v) is 5.48. The Balaban J connectivity index is 3.16. The highest BCUT2D eigenvalue weighted by Gasteiger charge is 2.10. The smallest absolute Gasteiger partial charge is 0.161 e. The van der Waals surface area contributed by atoms with Gasteiger partial charge in [0.1, 0.15) is 0 Å². The van der Waals surface area contributed by atoms with Crippen molar-refractivity contribution >= 4 is 27.4 Å². The highest BCUT2D eigenvalue weighted by molar-refractivity contribution is 9.10. The van der Waals surface area contributed by atoms with E-state index in [2.05, 4.69) is 22.5 Å². The minimum Gasteiger partial charge on any atom is -0.370 e. The molecule has 80 valence electrons. The zero-order chi connectivity index (χ0) is 11.4. The Morgan fingerprint density at radius 3 is 2.80 bits per heavy atom. The molecule has 0 bridgehead atoms. The van der Waals surface area contributed by atoms with Crippen molar-refractivity contribution in [3.8, 4) is 0 Å². The number of rotatable bonds is 4. The van der Waals surface area contributed by atoms with Gasteiger partial charge in [0, 0.05) is 29.3 Å². The summed E-state index contributed by atoms with van der Waals surface area (Å²) in [5.74, 6) is 0.0715. The molecule has 1 aromatic carbocycles. The second kappa shape index (κ2) is 5.12. The summed E-state index contributed by atoms with van der Waals surface area (Å²) in [5.41, 5.74) is 1.67. The highest BCUT2D eigenvalue weighted by atomic mass is 79.9. The van der Waals surface area contributed by atoms with Crippen LogP contribution in [0.1, 0.15) is 17.3 Å². The van der Waals surface area contributed by atoms with Gasteiger partial charge in [-0.15, -0.1) is 6.58 Å². The third-order valence-corrected chi connectivity index (χ3v) is 2.65. The van der Waals surface area contributed by atoms with Crippen molar-refractivity contribution in [3.05, 3.63) is 40.9 Å². The van der Waals surface area contributed by atoms with Gasteiger partial charge >= 0.3 is 0 Å². The van der Waals surface area contributed by atoms with E-state index in [0.717, 1.165) is 22.3 Å². The van der Waals surface area contributed by atoms with E-state index in [1.165, 1.54) is 0 Å². The summed E-state index contributed by atoms with van der Waals surface area (Å²) < 4.78 is 0.920. The van der Waals surface area contributed by atoms with Crippen LogP contribution in [-0.4, -0.2) is 19.4 Å². The fourth-order valence-electron chi connectivity index (χ4n) is 1.42. The first-order chi connectivity index (χ1) is 7.06. The number of benzene rings is 1. The van der Waals surface area contributed by atoms with Gasteiger partial charge in [-0.25, -0.2) is 0 Å². The summed E-state index contributed by atoms with van der Waals surface area (Å²) in [4.78, 5) is 13.5. The van der Waals surface area contributed by atoms with Crippen molar-refractivity contribution in [3.63, 3.8) is 0 Å². The SMILES string of the molecule is C=CCN(C)c1ccc(Br)cc1C(C)=O. The van der Waals surface area contributed by atoms with Crippen LogP contribution < -0.4 is 4.90 Å². The van der Waals surface area contributed by atoms with E-state index in [1.54, 1.807) is 6.92 Å². The van der Waals surface area contributed by atoms with Gasteiger partial charge in [-0.05, 0) is 25.1 Å². The molecule has 0 fully saturated rings. The lowest BCUT2D eigenvalue weighted by Gasteiger charge is -2.20. The number of Topliss-reactive ketones (excluding diaryl/α,β-unsaturated/α-hetero) is 1. The fourth-order valence-corrected chi connectivity index (χ4v) is 1.78. The summed E-state index contributed by atoms with van der Waals surface area (Å²) in [6, 6.07) is 5.71. The van der Waals surface area contributed by atoms with Crippen LogP contribution >= 0.6 is 15.9 Å². The average Bonchev–Trinajstić information content (AvgIpc) is 2.17. The Bertz CT molecular complexity index is 387. The summed E-state index contributed by atoms with van der Waals surface area (Å²) in [6.45, 7) is 5.98.